The van der Waals surface area contributed by atoms with E-state index < -0.39 is 5.91 Å². The molecule has 4 N–H and O–H groups in total. The molecule has 6 nitrogen and oxygen atoms in total. The van der Waals surface area contributed by atoms with Gasteiger partial charge >= 0.3 is 0 Å². The van der Waals surface area contributed by atoms with Crippen molar-refractivity contribution in [2.45, 2.75) is 6.54 Å². The molecule has 130 valence electrons. The molecule has 0 saturated carbocycles. The Balaban J connectivity index is 1.63. The third-order valence-corrected chi connectivity index (χ3v) is 5.15. The molecular weight excluding hydrogens is 348 g/mol. The zero-order chi connectivity index (χ0) is 18.1. The summed E-state index contributed by atoms with van der Waals surface area (Å²) in [6.45, 7) is 0.0400. The minimum Gasteiger partial charge on any atom is -0.364 e. The smallest absolute Gasteiger partial charge is 0.282 e. The minimum atomic E-state index is -0.445. The summed E-state index contributed by atoms with van der Waals surface area (Å²) in [5.74, 6) is -0.519. The molecule has 1 aliphatic heterocycles. The number of aromatic nitrogens is 2. The van der Waals surface area contributed by atoms with Crippen molar-refractivity contribution in [2.24, 2.45) is 5.73 Å². The van der Waals surface area contributed by atoms with Gasteiger partial charge in [-0.1, -0.05) is 18.3 Å². The first kappa shape index (κ1) is 16.3. The lowest BCUT2D eigenvalue weighted by Crippen LogP contribution is -2.86. The maximum absolute atomic E-state index is 13.1. The van der Waals surface area contributed by atoms with Gasteiger partial charge in [-0.05, 0) is 22.7 Å². The maximum Gasteiger partial charge on any atom is 0.282 e. The van der Waals surface area contributed by atoms with Crippen LogP contribution in [0.15, 0.2) is 55.0 Å². The molecule has 0 atom stereocenters. The molecule has 3 heterocycles. The monoisotopic (exact) mass is 364 g/mol. The molecule has 0 saturated heterocycles. The third kappa shape index (κ3) is 2.94. The van der Waals surface area contributed by atoms with E-state index in [0.29, 0.717) is 11.6 Å². The van der Waals surface area contributed by atoms with E-state index >= 15 is 0 Å². The molecule has 3 aromatic rings. The highest BCUT2D eigenvalue weighted by atomic mass is 32.1. The average molecular weight is 364 g/mol. The lowest BCUT2D eigenvalue weighted by molar-refractivity contribution is -0.656. The molecule has 0 unspecified atom stereocenters. The number of pyridine rings is 1. The van der Waals surface area contributed by atoms with Gasteiger partial charge in [-0.3, -0.25) is 9.36 Å². The van der Waals surface area contributed by atoms with Crippen LogP contribution in [0.5, 0.6) is 0 Å². The summed E-state index contributed by atoms with van der Waals surface area (Å²) in [5, 5.41) is 5.53. The summed E-state index contributed by atoms with van der Waals surface area (Å²) >= 11 is 1.51. The predicted molar refractivity (Wildman–Crippen MR) is 98.4 cm³/mol. The van der Waals surface area contributed by atoms with E-state index in [0.717, 1.165) is 21.8 Å². The largest absolute Gasteiger partial charge is 0.364 e. The molecule has 4 rings (SSSR count). The van der Waals surface area contributed by atoms with Crippen LogP contribution in [0.25, 0.3) is 10.9 Å². The van der Waals surface area contributed by atoms with Crippen LogP contribution in [0.3, 0.4) is 0 Å². The lowest BCUT2D eigenvalue weighted by Gasteiger charge is -2.12. The van der Waals surface area contributed by atoms with Gasteiger partial charge < -0.3 is 20.8 Å². The number of para-hydroxylation sites is 1. The van der Waals surface area contributed by atoms with Crippen molar-refractivity contribution in [3.8, 4) is 0 Å². The van der Waals surface area contributed by atoms with Crippen LogP contribution in [-0.2, 0) is 22.7 Å². The van der Waals surface area contributed by atoms with Gasteiger partial charge in [-0.2, -0.15) is 0 Å². The number of ketones is 1. The summed E-state index contributed by atoms with van der Waals surface area (Å²) < 4.78 is 1.72. The molecule has 0 fully saturated rings. The van der Waals surface area contributed by atoms with Crippen molar-refractivity contribution in [3.05, 3.63) is 77.5 Å². The number of rotatable bonds is 5. The molecule has 0 spiro atoms. The number of Topliss-reactive ketones (excluding diaryl/α,β-unsaturated/α-hetero) is 1. The van der Waals surface area contributed by atoms with Crippen molar-refractivity contribution in [1.82, 2.24) is 4.98 Å². The second kappa shape index (κ2) is 6.62. The Labute approximate surface area is 154 Å². The van der Waals surface area contributed by atoms with Gasteiger partial charge in [0.25, 0.3) is 11.3 Å². The molecule has 0 aliphatic carbocycles. The second-order valence-corrected chi connectivity index (χ2v) is 6.84. The second-order valence-electron chi connectivity index (χ2n) is 5.92. The van der Waals surface area contributed by atoms with E-state index in [9.17, 15) is 9.59 Å². The fourth-order valence-electron chi connectivity index (χ4n) is 3.00. The Morgan fingerprint density at radius 1 is 1.27 bits per heavy atom. The zero-order valence-corrected chi connectivity index (χ0v) is 14.6. The normalized spacial score (nSPS) is 13.5. The maximum atomic E-state index is 13.1. The lowest BCUT2D eigenvalue weighted by atomic mass is 10.0. The molecule has 1 aromatic carbocycles. The predicted octanol–water partition coefficient (Wildman–Crippen LogP) is -0.559. The molecule has 26 heavy (non-hydrogen) atoms. The number of hydrogen-bond donors (Lipinski definition) is 2. The van der Waals surface area contributed by atoms with Gasteiger partial charge in [-0.25, -0.2) is 0 Å². The van der Waals surface area contributed by atoms with Crippen LogP contribution < -0.4 is 15.6 Å². The molecule has 1 amide bonds. The number of carbonyl (C=O) groups is 2. The Bertz CT molecular complexity index is 1010. The number of quaternary nitrogens is 1. The van der Waals surface area contributed by atoms with Crippen molar-refractivity contribution in [1.29, 1.82) is 0 Å². The van der Waals surface area contributed by atoms with Gasteiger partial charge in [0, 0.05) is 0 Å². The van der Waals surface area contributed by atoms with Crippen molar-refractivity contribution in [2.75, 3.05) is 0 Å². The van der Waals surface area contributed by atoms with Gasteiger partial charge in [-0.15, -0.1) is 24.3 Å². The van der Waals surface area contributed by atoms with Crippen molar-refractivity contribution >= 4 is 39.3 Å². The molecular formula is C19H16N4O2S. The van der Waals surface area contributed by atoms with E-state index in [4.69, 9.17) is 5.73 Å². The number of fused-ring (bicyclic) bond motifs is 1. The number of amides is 1. The minimum absolute atomic E-state index is 0.0400. The summed E-state index contributed by atoms with van der Waals surface area (Å²) in [6.07, 6.45) is 5.20. The molecule has 0 radical (unpaired) electrons. The Morgan fingerprint density at radius 3 is 2.92 bits per heavy atom. The topological polar surface area (TPSA) is 93.5 Å². The Hall–Kier alpha value is -3.16. The highest BCUT2D eigenvalue weighted by molar-refractivity contribution is 7.81. The number of primary amides is 1. The molecule has 1 aliphatic rings. The van der Waals surface area contributed by atoms with Gasteiger partial charge in [0.1, 0.15) is 11.3 Å². The summed E-state index contributed by atoms with van der Waals surface area (Å²) in [5.41, 5.74) is 7.69. The van der Waals surface area contributed by atoms with Gasteiger partial charge in [0.15, 0.2) is 16.7 Å². The summed E-state index contributed by atoms with van der Waals surface area (Å²) in [7, 11) is 0. The fraction of sp³-hybridized carbons (Fsp3) is 0.0526. The number of nitrogens with zero attached hydrogens (tertiary/aromatic N) is 2. The van der Waals surface area contributed by atoms with Crippen molar-refractivity contribution < 1.29 is 19.5 Å². The first-order chi connectivity index (χ1) is 12.6. The van der Waals surface area contributed by atoms with E-state index in [-0.39, 0.29) is 12.3 Å². The third-order valence-electron chi connectivity index (χ3n) is 4.17. The summed E-state index contributed by atoms with van der Waals surface area (Å²) in [6, 6.07) is 12.0. The van der Waals surface area contributed by atoms with E-state index in [1.165, 1.54) is 11.4 Å². The molecule has 0 bridgehead atoms. The number of nitrogens with two attached hydrogens (primary N) is 2. The standard InChI is InChI=1S/C19H16N4O2S/c20-17(24)10-23-9-14(13-5-1-2-6-16(13)23)18(25)15-11-26-19(22-15)12-4-3-7-21-8-12/h1-9,11H,10,22H2,(H2,20,24). The van der Waals surface area contributed by atoms with Crippen molar-refractivity contribution in [3.63, 3.8) is 0 Å². The number of hydrogen-bond acceptors (Lipinski definition) is 3. The molecule has 2 aromatic heterocycles. The van der Waals surface area contributed by atoms with Crippen LogP contribution in [0.2, 0.25) is 0 Å². The first-order valence-electron chi connectivity index (χ1n) is 8.03. The quantitative estimate of drug-likeness (QED) is 0.209. The van der Waals surface area contributed by atoms with Gasteiger partial charge in [0.2, 0.25) is 6.54 Å². The number of benzene rings is 1. The highest BCUT2D eigenvalue weighted by Crippen LogP contribution is 2.20. The van der Waals surface area contributed by atoms with Crippen LogP contribution in [-0.4, -0.2) is 22.0 Å². The SMILES string of the molecule is NC(=O)C[n+]1cc(C(=O)[C-]2C=[S+][C-](c3cccnc3)[NH2+]2)c2cccc[c-]21. The highest BCUT2D eigenvalue weighted by Gasteiger charge is 2.33. The Kier molecular flexibility index (Phi) is 4.16. The zero-order valence-electron chi connectivity index (χ0n) is 13.8. The molecule has 7 heteroatoms. The summed E-state index contributed by atoms with van der Waals surface area (Å²) in [4.78, 5) is 28.5. The van der Waals surface area contributed by atoms with Gasteiger partial charge in [0.05, 0.1) is 12.2 Å². The van der Waals surface area contributed by atoms with E-state index in [1.807, 2.05) is 47.1 Å². The average Bonchev–Trinajstić information content (AvgIpc) is 3.28. The van der Waals surface area contributed by atoms with Crippen LogP contribution >= 0.6 is 0 Å². The van der Waals surface area contributed by atoms with Crippen LogP contribution in [0, 0.1) is 11.4 Å². The van der Waals surface area contributed by atoms with E-state index in [2.05, 4.69) is 4.98 Å². The van der Waals surface area contributed by atoms with E-state index in [1.54, 1.807) is 23.2 Å². The van der Waals surface area contributed by atoms with Crippen LogP contribution in [0.4, 0.5) is 0 Å². The Morgan fingerprint density at radius 2 is 2.15 bits per heavy atom. The fourth-order valence-corrected chi connectivity index (χ4v) is 3.88. The van der Waals surface area contributed by atoms with Crippen LogP contribution in [0.1, 0.15) is 15.9 Å². The first-order valence-corrected chi connectivity index (χ1v) is 8.91. The number of carbonyl (C=O) groups excluding carboxylic acids is 2.